The molecule has 0 aliphatic carbocycles. The lowest BCUT2D eigenvalue weighted by molar-refractivity contribution is 0.395. The largest absolute Gasteiger partial charge is 0.433 e. The molecule has 1 aromatic carbocycles. The Bertz CT molecular complexity index is 560. The SMILES string of the molecule is Nc1cc(F)c(Oc2ncccc2F)cc1F. The van der Waals surface area contributed by atoms with Crippen molar-refractivity contribution in [2.24, 2.45) is 0 Å². The second-order valence-corrected chi connectivity index (χ2v) is 3.20. The number of nitrogens with two attached hydrogens (primary N) is 1. The maximum Gasteiger partial charge on any atom is 0.255 e. The number of anilines is 1. The summed E-state index contributed by atoms with van der Waals surface area (Å²) in [6, 6.07) is 3.93. The summed E-state index contributed by atoms with van der Waals surface area (Å²) in [5.74, 6) is -3.43. The summed E-state index contributed by atoms with van der Waals surface area (Å²) in [7, 11) is 0. The van der Waals surface area contributed by atoms with E-state index in [-0.39, 0.29) is 5.69 Å². The van der Waals surface area contributed by atoms with E-state index < -0.39 is 29.1 Å². The molecule has 0 amide bonds. The number of halogens is 3. The van der Waals surface area contributed by atoms with Crippen LogP contribution in [0, 0.1) is 17.5 Å². The Balaban J connectivity index is 2.37. The first-order chi connectivity index (χ1) is 8.08. The Morgan fingerprint density at radius 1 is 1.06 bits per heavy atom. The number of nitrogens with zero attached hydrogens (tertiary/aromatic N) is 1. The highest BCUT2D eigenvalue weighted by Gasteiger charge is 2.12. The molecule has 0 bridgehead atoms. The van der Waals surface area contributed by atoms with Gasteiger partial charge in [0.15, 0.2) is 17.4 Å². The molecule has 3 nitrogen and oxygen atoms in total. The van der Waals surface area contributed by atoms with Gasteiger partial charge in [-0.1, -0.05) is 0 Å². The highest BCUT2D eigenvalue weighted by atomic mass is 19.1. The topological polar surface area (TPSA) is 48.1 Å². The zero-order valence-electron chi connectivity index (χ0n) is 8.45. The van der Waals surface area contributed by atoms with Gasteiger partial charge in [0.1, 0.15) is 5.82 Å². The number of nitrogen functional groups attached to an aromatic ring is 1. The average Bonchev–Trinajstić information content (AvgIpc) is 2.29. The molecule has 17 heavy (non-hydrogen) atoms. The van der Waals surface area contributed by atoms with Crippen LogP contribution in [0.5, 0.6) is 11.6 Å². The van der Waals surface area contributed by atoms with E-state index >= 15 is 0 Å². The lowest BCUT2D eigenvalue weighted by Gasteiger charge is -2.07. The van der Waals surface area contributed by atoms with Crippen LogP contribution in [-0.4, -0.2) is 4.98 Å². The quantitative estimate of drug-likeness (QED) is 0.821. The van der Waals surface area contributed by atoms with Gasteiger partial charge in [-0.2, -0.15) is 0 Å². The summed E-state index contributed by atoms with van der Waals surface area (Å²) < 4.78 is 44.4. The number of hydrogen-bond acceptors (Lipinski definition) is 3. The van der Waals surface area contributed by atoms with Crippen LogP contribution in [0.2, 0.25) is 0 Å². The molecular weight excluding hydrogens is 233 g/mol. The molecule has 88 valence electrons. The van der Waals surface area contributed by atoms with Gasteiger partial charge in [-0.05, 0) is 12.1 Å². The predicted octanol–water partition coefficient (Wildman–Crippen LogP) is 2.87. The number of ether oxygens (including phenoxy) is 1. The van der Waals surface area contributed by atoms with Crippen LogP contribution in [0.4, 0.5) is 18.9 Å². The fraction of sp³-hybridized carbons (Fsp3) is 0. The van der Waals surface area contributed by atoms with Gasteiger partial charge in [0.2, 0.25) is 0 Å². The highest BCUT2D eigenvalue weighted by Crippen LogP contribution is 2.27. The Labute approximate surface area is 94.7 Å². The van der Waals surface area contributed by atoms with Gasteiger partial charge < -0.3 is 10.5 Å². The molecule has 0 saturated heterocycles. The van der Waals surface area contributed by atoms with E-state index in [0.717, 1.165) is 18.2 Å². The van der Waals surface area contributed by atoms with Crippen molar-refractivity contribution in [3.8, 4) is 11.6 Å². The van der Waals surface area contributed by atoms with Crippen LogP contribution < -0.4 is 10.5 Å². The van der Waals surface area contributed by atoms with Gasteiger partial charge in [-0.15, -0.1) is 0 Å². The van der Waals surface area contributed by atoms with Gasteiger partial charge in [0.05, 0.1) is 5.69 Å². The summed E-state index contributed by atoms with van der Waals surface area (Å²) in [5, 5.41) is 0. The van der Waals surface area contributed by atoms with E-state index in [1.807, 2.05) is 0 Å². The fourth-order valence-corrected chi connectivity index (χ4v) is 1.17. The molecule has 1 aromatic heterocycles. The third-order valence-electron chi connectivity index (χ3n) is 1.98. The first-order valence-electron chi connectivity index (χ1n) is 4.61. The normalized spacial score (nSPS) is 10.3. The first kappa shape index (κ1) is 11.3. The van der Waals surface area contributed by atoms with Crippen LogP contribution >= 0.6 is 0 Å². The summed E-state index contributed by atoms with van der Waals surface area (Å²) >= 11 is 0. The molecule has 0 atom stereocenters. The van der Waals surface area contributed by atoms with Crippen molar-refractivity contribution in [1.29, 1.82) is 0 Å². The van der Waals surface area contributed by atoms with Gasteiger partial charge in [0, 0.05) is 18.3 Å². The number of aromatic nitrogens is 1. The molecule has 0 spiro atoms. The van der Waals surface area contributed by atoms with Crippen molar-refractivity contribution in [1.82, 2.24) is 4.98 Å². The van der Waals surface area contributed by atoms with Crippen molar-refractivity contribution in [3.05, 3.63) is 47.9 Å². The average molecular weight is 240 g/mol. The minimum atomic E-state index is -0.894. The molecule has 0 aliphatic rings. The van der Waals surface area contributed by atoms with E-state index in [1.165, 1.54) is 12.3 Å². The van der Waals surface area contributed by atoms with E-state index in [1.54, 1.807) is 0 Å². The minimum absolute atomic E-state index is 0.351. The Morgan fingerprint density at radius 3 is 2.53 bits per heavy atom. The molecule has 0 aliphatic heterocycles. The molecule has 0 saturated carbocycles. The monoisotopic (exact) mass is 240 g/mol. The smallest absolute Gasteiger partial charge is 0.255 e. The van der Waals surface area contributed by atoms with Gasteiger partial charge in [-0.3, -0.25) is 0 Å². The number of rotatable bonds is 2. The van der Waals surface area contributed by atoms with Gasteiger partial charge in [0.25, 0.3) is 5.88 Å². The zero-order valence-corrected chi connectivity index (χ0v) is 8.45. The van der Waals surface area contributed by atoms with Crippen LogP contribution in [0.15, 0.2) is 30.5 Å². The van der Waals surface area contributed by atoms with Gasteiger partial charge >= 0.3 is 0 Å². The predicted molar refractivity (Wildman–Crippen MR) is 55.0 cm³/mol. The van der Waals surface area contributed by atoms with E-state index in [2.05, 4.69) is 4.98 Å². The molecule has 0 radical (unpaired) electrons. The Hall–Kier alpha value is -2.24. The lowest BCUT2D eigenvalue weighted by Crippen LogP contribution is -1.97. The summed E-state index contributed by atoms with van der Waals surface area (Å²) in [6.07, 6.45) is 1.27. The molecule has 0 unspecified atom stereocenters. The summed E-state index contributed by atoms with van der Waals surface area (Å²) in [6.45, 7) is 0. The second-order valence-electron chi connectivity index (χ2n) is 3.20. The van der Waals surface area contributed by atoms with E-state index in [9.17, 15) is 13.2 Å². The first-order valence-corrected chi connectivity index (χ1v) is 4.61. The number of hydrogen-bond donors (Lipinski definition) is 1. The van der Waals surface area contributed by atoms with Crippen molar-refractivity contribution in [2.75, 3.05) is 5.73 Å². The fourth-order valence-electron chi connectivity index (χ4n) is 1.17. The highest BCUT2D eigenvalue weighted by molar-refractivity contribution is 5.45. The summed E-state index contributed by atoms with van der Waals surface area (Å²) in [4.78, 5) is 3.55. The van der Waals surface area contributed by atoms with E-state index in [0.29, 0.717) is 0 Å². The third-order valence-corrected chi connectivity index (χ3v) is 1.98. The summed E-state index contributed by atoms with van der Waals surface area (Å²) in [5.41, 5.74) is 4.80. The van der Waals surface area contributed by atoms with Crippen molar-refractivity contribution < 1.29 is 17.9 Å². The molecule has 2 N–H and O–H groups in total. The maximum atomic E-state index is 13.3. The van der Waals surface area contributed by atoms with Crippen molar-refractivity contribution in [2.45, 2.75) is 0 Å². The van der Waals surface area contributed by atoms with Crippen LogP contribution in [0.3, 0.4) is 0 Å². The molecule has 2 rings (SSSR count). The second kappa shape index (κ2) is 4.32. The molecule has 0 fully saturated rings. The van der Waals surface area contributed by atoms with Crippen molar-refractivity contribution in [3.63, 3.8) is 0 Å². The standard InChI is InChI=1S/C11H7F3N2O/c12-6-2-1-3-16-11(6)17-10-5-7(13)9(15)4-8(10)14/h1-5H,15H2. The molecular formula is C11H7F3N2O. The molecule has 2 aromatic rings. The third kappa shape index (κ3) is 2.30. The number of pyridine rings is 1. The molecule has 6 heteroatoms. The maximum absolute atomic E-state index is 13.3. The zero-order chi connectivity index (χ0) is 12.4. The molecule has 1 heterocycles. The van der Waals surface area contributed by atoms with Crippen LogP contribution in [-0.2, 0) is 0 Å². The Morgan fingerprint density at radius 2 is 1.82 bits per heavy atom. The Kier molecular flexibility index (Phi) is 2.86. The van der Waals surface area contributed by atoms with Crippen LogP contribution in [0.1, 0.15) is 0 Å². The minimum Gasteiger partial charge on any atom is -0.433 e. The lowest BCUT2D eigenvalue weighted by atomic mass is 10.3. The number of benzene rings is 1. The van der Waals surface area contributed by atoms with Crippen molar-refractivity contribution >= 4 is 5.69 Å². The van der Waals surface area contributed by atoms with Gasteiger partial charge in [-0.25, -0.2) is 18.2 Å². The van der Waals surface area contributed by atoms with E-state index in [4.69, 9.17) is 10.5 Å². The van der Waals surface area contributed by atoms with Crippen LogP contribution in [0.25, 0.3) is 0 Å².